The van der Waals surface area contributed by atoms with Crippen LogP contribution in [0.3, 0.4) is 0 Å². The zero-order valence-corrected chi connectivity index (χ0v) is 13.4. The molecule has 1 aliphatic rings. The molecular weight excluding hydrogens is 319 g/mol. The molecule has 0 saturated carbocycles. The number of carbonyl (C=O) groups excluding carboxylic acids is 1. The van der Waals surface area contributed by atoms with Crippen molar-refractivity contribution in [3.05, 3.63) is 69.2 Å². The van der Waals surface area contributed by atoms with Crippen molar-refractivity contribution >= 4 is 29.1 Å². The number of hydrogen-bond acceptors (Lipinski definition) is 2. The molecule has 2 aromatic rings. The number of benzene rings is 2. The Morgan fingerprint density at radius 3 is 2.86 bits per heavy atom. The molecule has 0 bridgehead atoms. The number of halogens is 2. The maximum atomic E-state index is 12.5. The van der Waals surface area contributed by atoms with Crippen LogP contribution in [-0.4, -0.2) is 12.5 Å². The highest BCUT2D eigenvalue weighted by Crippen LogP contribution is 2.24. The summed E-state index contributed by atoms with van der Waals surface area (Å²) in [7, 11) is 0. The molecule has 1 amide bonds. The molecule has 1 heterocycles. The molecule has 1 atom stereocenters. The number of carbonyl (C=O) groups is 1. The molecule has 0 spiro atoms. The van der Waals surface area contributed by atoms with E-state index in [4.69, 9.17) is 23.2 Å². The van der Waals surface area contributed by atoms with Crippen molar-refractivity contribution in [1.29, 1.82) is 0 Å². The zero-order valence-electron chi connectivity index (χ0n) is 11.9. The summed E-state index contributed by atoms with van der Waals surface area (Å²) < 4.78 is 0. The van der Waals surface area contributed by atoms with Gasteiger partial charge in [0.2, 0.25) is 5.91 Å². The summed E-state index contributed by atoms with van der Waals surface area (Å²) in [6.45, 7) is 1.19. The van der Waals surface area contributed by atoms with E-state index < -0.39 is 0 Å². The highest BCUT2D eigenvalue weighted by Gasteiger charge is 2.25. The molecule has 0 saturated heterocycles. The summed E-state index contributed by atoms with van der Waals surface area (Å²) in [5.41, 5.74) is 3.13. The monoisotopic (exact) mass is 334 g/mol. The van der Waals surface area contributed by atoms with Crippen molar-refractivity contribution in [3.63, 3.8) is 0 Å². The van der Waals surface area contributed by atoms with Crippen molar-refractivity contribution in [2.75, 3.05) is 6.54 Å². The first kappa shape index (κ1) is 15.3. The van der Waals surface area contributed by atoms with Crippen molar-refractivity contribution in [3.8, 4) is 0 Å². The first-order valence-electron chi connectivity index (χ1n) is 7.18. The third kappa shape index (κ3) is 3.27. The van der Waals surface area contributed by atoms with Crippen LogP contribution in [0, 0.1) is 0 Å². The second-order valence-electron chi connectivity index (χ2n) is 5.29. The SMILES string of the molecule is O=C(NCc1ccc(Cl)cc1Cl)C1NCCc2ccccc21. The van der Waals surface area contributed by atoms with Crippen LogP contribution in [0.1, 0.15) is 22.7 Å². The summed E-state index contributed by atoms with van der Waals surface area (Å²) in [6, 6.07) is 13.0. The fourth-order valence-corrected chi connectivity index (χ4v) is 3.16. The van der Waals surface area contributed by atoms with E-state index in [1.807, 2.05) is 24.3 Å². The minimum Gasteiger partial charge on any atom is -0.350 e. The van der Waals surface area contributed by atoms with E-state index in [1.165, 1.54) is 5.56 Å². The Bertz CT molecular complexity index is 703. The minimum absolute atomic E-state index is 0.0434. The molecule has 22 heavy (non-hydrogen) atoms. The molecule has 1 aliphatic heterocycles. The van der Waals surface area contributed by atoms with Crippen LogP contribution in [-0.2, 0) is 17.8 Å². The Balaban J connectivity index is 1.70. The molecule has 2 aromatic carbocycles. The zero-order chi connectivity index (χ0) is 15.5. The Kier molecular flexibility index (Phi) is 4.67. The summed E-state index contributed by atoms with van der Waals surface area (Å²) in [5.74, 6) is -0.0434. The Labute approximate surface area is 139 Å². The third-order valence-corrected chi connectivity index (χ3v) is 4.43. The van der Waals surface area contributed by atoms with Crippen molar-refractivity contribution < 1.29 is 4.79 Å². The fraction of sp³-hybridized carbons (Fsp3) is 0.235. The molecule has 5 heteroatoms. The second-order valence-corrected chi connectivity index (χ2v) is 6.13. The average molecular weight is 335 g/mol. The predicted molar refractivity (Wildman–Crippen MR) is 89.2 cm³/mol. The lowest BCUT2D eigenvalue weighted by molar-refractivity contribution is -0.123. The molecule has 0 aliphatic carbocycles. The fourth-order valence-electron chi connectivity index (χ4n) is 2.69. The number of nitrogens with one attached hydrogen (secondary N) is 2. The lowest BCUT2D eigenvalue weighted by Crippen LogP contribution is -2.41. The van der Waals surface area contributed by atoms with Crippen molar-refractivity contribution in [2.24, 2.45) is 0 Å². The van der Waals surface area contributed by atoms with Gasteiger partial charge in [-0.2, -0.15) is 0 Å². The number of fused-ring (bicyclic) bond motifs is 1. The van der Waals surface area contributed by atoms with Crippen LogP contribution in [0.25, 0.3) is 0 Å². The predicted octanol–water partition coefficient (Wildman–Crippen LogP) is 3.50. The lowest BCUT2D eigenvalue weighted by atomic mass is 9.94. The topological polar surface area (TPSA) is 41.1 Å². The van der Waals surface area contributed by atoms with E-state index in [0.717, 1.165) is 24.1 Å². The van der Waals surface area contributed by atoms with Gasteiger partial charge in [0.15, 0.2) is 0 Å². The van der Waals surface area contributed by atoms with Gasteiger partial charge in [-0.1, -0.05) is 53.5 Å². The summed E-state index contributed by atoms with van der Waals surface area (Å²) in [4.78, 5) is 12.5. The highest BCUT2D eigenvalue weighted by molar-refractivity contribution is 6.35. The first-order chi connectivity index (χ1) is 10.6. The molecule has 1 unspecified atom stereocenters. The molecule has 3 rings (SSSR count). The van der Waals surface area contributed by atoms with Crippen LogP contribution >= 0.6 is 23.2 Å². The largest absolute Gasteiger partial charge is 0.350 e. The highest BCUT2D eigenvalue weighted by atomic mass is 35.5. The molecule has 0 aromatic heterocycles. The minimum atomic E-state index is -0.309. The van der Waals surface area contributed by atoms with Gasteiger partial charge >= 0.3 is 0 Å². The Morgan fingerprint density at radius 1 is 1.23 bits per heavy atom. The van der Waals surface area contributed by atoms with Crippen LogP contribution in [0.2, 0.25) is 10.0 Å². The number of hydrogen-bond donors (Lipinski definition) is 2. The van der Waals surface area contributed by atoms with Gasteiger partial charge in [-0.05, 0) is 35.2 Å². The number of amides is 1. The molecule has 0 fully saturated rings. The van der Waals surface area contributed by atoms with Crippen LogP contribution < -0.4 is 10.6 Å². The smallest absolute Gasteiger partial charge is 0.242 e. The molecular formula is C17H16Cl2N2O. The quantitative estimate of drug-likeness (QED) is 0.901. The Morgan fingerprint density at radius 2 is 2.05 bits per heavy atom. The van der Waals surface area contributed by atoms with Crippen LogP contribution in [0.4, 0.5) is 0 Å². The standard InChI is InChI=1S/C17H16Cl2N2O/c18-13-6-5-12(15(19)9-13)10-21-17(22)16-14-4-2-1-3-11(14)7-8-20-16/h1-6,9,16,20H,7-8,10H2,(H,21,22). The van der Waals surface area contributed by atoms with E-state index in [9.17, 15) is 4.79 Å². The van der Waals surface area contributed by atoms with Gasteiger partial charge in [-0.25, -0.2) is 0 Å². The van der Waals surface area contributed by atoms with Gasteiger partial charge in [-0.15, -0.1) is 0 Å². The Hall–Kier alpha value is -1.55. The van der Waals surface area contributed by atoms with Gasteiger partial charge in [0.25, 0.3) is 0 Å². The van der Waals surface area contributed by atoms with Gasteiger partial charge in [0, 0.05) is 23.1 Å². The van der Waals surface area contributed by atoms with Crippen molar-refractivity contribution in [1.82, 2.24) is 10.6 Å². The van der Waals surface area contributed by atoms with Gasteiger partial charge in [0.05, 0.1) is 0 Å². The van der Waals surface area contributed by atoms with E-state index in [-0.39, 0.29) is 11.9 Å². The van der Waals surface area contributed by atoms with Crippen LogP contribution in [0.5, 0.6) is 0 Å². The average Bonchev–Trinajstić information content (AvgIpc) is 2.53. The summed E-state index contributed by atoms with van der Waals surface area (Å²) >= 11 is 12.0. The lowest BCUT2D eigenvalue weighted by Gasteiger charge is -2.26. The normalized spacial score (nSPS) is 16.9. The molecule has 3 nitrogen and oxygen atoms in total. The van der Waals surface area contributed by atoms with E-state index in [2.05, 4.69) is 16.7 Å². The third-order valence-electron chi connectivity index (χ3n) is 3.84. The molecule has 0 radical (unpaired) electrons. The van der Waals surface area contributed by atoms with Crippen LogP contribution in [0.15, 0.2) is 42.5 Å². The van der Waals surface area contributed by atoms with Crippen molar-refractivity contribution in [2.45, 2.75) is 19.0 Å². The van der Waals surface area contributed by atoms with Gasteiger partial charge in [-0.3, -0.25) is 4.79 Å². The summed E-state index contributed by atoms with van der Waals surface area (Å²) in [6.07, 6.45) is 0.947. The van der Waals surface area contributed by atoms with E-state index in [1.54, 1.807) is 12.1 Å². The number of rotatable bonds is 3. The maximum absolute atomic E-state index is 12.5. The first-order valence-corrected chi connectivity index (χ1v) is 7.93. The maximum Gasteiger partial charge on any atom is 0.242 e. The van der Waals surface area contributed by atoms with Gasteiger partial charge < -0.3 is 10.6 Å². The van der Waals surface area contributed by atoms with E-state index in [0.29, 0.717) is 16.6 Å². The molecule has 114 valence electrons. The van der Waals surface area contributed by atoms with E-state index >= 15 is 0 Å². The summed E-state index contributed by atoms with van der Waals surface area (Å²) in [5, 5.41) is 7.36. The second kappa shape index (κ2) is 6.69. The van der Waals surface area contributed by atoms with Gasteiger partial charge in [0.1, 0.15) is 6.04 Å². The molecule has 2 N–H and O–H groups in total.